The molecule has 0 aliphatic rings. The van der Waals surface area contributed by atoms with Crippen LogP contribution in [-0.4, -0.2) is 30.8 Å². The molecule has 1 unspecified atom stereocenters. The predicted octanol–water partition coefficient (Wildman–Crippen LogP) is 3.73. The molecule has 3 N–H and O–H groups in total. The third-order valence-electron chi connectivity index (χ3n) is 4.15. The molecular weight excluding hydrogens is 419 g/mol. The van der Waals surface area contributed by atoms with E-state index in [0.29, 0.717) is 16.9 Å². The number of amides is 1. The number of benzene rings is 2. The van der Waals surface area contributed by atoms with E-state index in [1.165, 1.54) is 24.4 Å². The first-order chi connectivity index (χ1) is 13.6. The molecule has 0 aliphatic carbocycles. The highest BCUT2D eigenvalue weighted by molar-refractivity contribution is 7.92. The van der Waals surface area contributed by atoms with Crippen molar-refractivity contribution in [2.24, 2.45) is 0 Å². The third kappa shape index (κ3) is 5.12. The Morgan fingerprint density at radius 3 is 2.52 bits per heavy atom. The molecule has 7 nitrogen and oxygen atoms in total. The molecule has 0 saturated carbocycles. The second-order valence-corrected chi connectivity index (χ2v) is 8.63. The van der Waals surface area contributed by atoms with E-state index in [-0.39, 0.29) is 22.5 Å². The zero-order chi connectivity index (χ0) is 21.2. The highest BCUT2D eigenvalue weighted by Crippen LogP contribution is 2.26. The van der Waals surface area contributed by atoms with Crippen LogP contribution in [0.15, 0.2) is 48.7 Å². The van der Waals surface area contributed by atoms with Crippen LogP contribution in [0.1, 0.15) is 28.9 Å². The summed E-state index contributed by atoms with van der Waals surface area (Å²) in [7, 11) is -3.36. The number of hydrogen-bond donors (Lipinski definition) is 3. The Morgan fingerprint density at radius 1 is 1.21 bits per heavy atom. The Hall–Kier alpha value is -2.91. The van der Waals surface area contributed by atoms with Gasteiger partial charge in [-0.05, 0) is 42.8 Å². The second-order valence-electron chi connectivity index (χ2n) is 6.48. The number of carbonyl (C=O) groups is 1. The summed E-state index contributed by atoms with van der Waals surface area (Å²) in [4.78, 5) is 12.7. The van der Waals surface area contributed by atoms with Crippen LogP contribution in [0.5, 0.6) is 0 Å². The molecule has 1 amide bonds. The lowest BCUT2D eigenvalue weighted by Crippen LogP contribution is -2.26. The van der Waals surface area contributed by atoms with Crippen molar-refractivity contribution in [3.8, 4) is 11.3 Å². The number of nitrogens with zero attached hydrogens (tertiary/aromatic N) is 1. The van der Waals surface area contributed by atoms with Crippen molar-refractivity contribution < 1.29 is 17.6 Å². The van der Waals surface area contributed by atoms with Crippen molar-refractivity contribution in [2.45, 2.75) is 13.0 Å². The summed E-state index contributed by atoms with van der Waals surface area (Å²) in [5, 5.41) is 9.45. The lowest BCUT2D eigenvalue weighted by Gasteiger charge is -2.15. The van der Waals surface area contributed by atoms with Gasteiger partial charge in [-0.15, -0.1) is 0 Å². The van der Waals surface area contributed by atoms with Crippen molar-refractivity contribution in [2.75, 3.05) is 11.0 Å². The lowest BCUT2D eigenvalue weighted by molar-refractivity contribution is 0.0940. The zero-order valence-electron chi connectivity index (χ0n) is 15.5. The van der Waals surface area contributed by atoms with E-state index >= 15 is 0 Å². The minimum Gasteiger partial charge on any atom is -0.345 e. The Labute approximate surface area is 172 Å². The number of carbonyl (C=O) groups excluding carboxylic acids is 1. The molecule has 152 valence electrons. The number of rotatable bonds is 6. The number of sulfonamides is 1. The van der Waals surface area contributed by atoms with Gasteiger partial charge in [0.15, 0.2) is 0 Å². The summed E-state index contributed by atoms with van der Waals surface area (Å²) >= 11 is 5.83. The Bertz CT molecular complexity index is 1150. The van der Waals surface area contributed by atoms with Gasteiger partial charge in [0.2, 0.25) is 10.0 Å². The minimum absolute atomic E-state index is 0.0559. The van der Waals surface area contributed by atoms with Gasteiger partial charge in [0.05, 0.1) is 34.8 Å². The highest BCUT2D eigenvalue weighted by Gasteiger charge is 2.18. The van der Waals surface area contributed by atoms with Crippen LogP contribution < -0.4 is 10.0 Å². The van der Waals surface area contributed by atoms with Crippen LogP contribution in [0.2, 0.25) is 5.02 Å². The predicted molar refractivity (Wildman–Crippen MR) is 110 cm³/mol. The summed E-state index contributed by atoms with van der Waals surface area (Å²) in [6, 6.07) is 10.4. The maximum absolute atomic E-state index is 13.4. The standard InChI is InChI=1S/C19H18ClFN4O3S/c1-11(12-3-6-14(7-4-12)25-29(2,27)28)23-19(26)15-10-22-24-18(15)13-5-8-17(21)16(20)9-13/h3-11,25H,1-2H3,(H,22,24)(H,23,26). The van der Waals surface area contributed by atoms with Crippen molar-refractivity contribution in [1.29, 1.82) is 0 Å². The van der Waals surface area contributed by atoms with Gasteiger partial charge in [-0.1, -0.05) is 23.7 Å². The van der Waals surface area contributed by atoms with Gasteiger partial charge in [0, 0.05) is 11.3 Å². The van der Waals surface area contributed by atoms with Gasteiger partial charge in [-0.3, -0.25) is 14.6 Å². The Kier molecular flexibility index (Phi) is 5.90. The molecule has 2 aromatic carbocycles. The van der Waals surface area contributed by atoms with E-state index in [1.54, 1.807) is 31.2 Å². The summed E-state index contributed by atoms with van der Waals surface area (Å²) < 4.78 is 38.3. The molecule has 29 heavy (non-hydrogen) atoms. The number of hydrogen-bond acceptors (Lipinski definition) is 4. The van der Waals surface area contributed by atoms with Crippen LogP contribution in [0.3, 0.4) is 0 Å². The number of H-pyrrole nitrogens is 1. The average molecular weight is 437 g/mol. The van der Waals surface area contributed by atoms with Gasteiger partial charge >= 0.3 is 0 Å². The van der Waals surface area contributed by atoms with E-state index < -0.39 is 15.8 Å². The normalized spacial score (nSPS) is 12.4. The fourth-order valence-electron chi connectivity index (χ4n) is 2.74. The summed E-state index contributed by atoms with van der Waals surface area (Å²) in [6.07, 6.45) is 2.45. The SMILES string of the molecule is CC(NC(=O)c1cn[nH]c1-c1ccc(F)c(Cl)c1)c1ccc(NS(C)(=O)=O)cc1. The zero-order valence-corrected chi connectivity index (χ0v) is 17.1. The van der Waals surface area contributed by atoms with E-state index in [0.717, 1.165) is 11.8 Å². The van der Waals surface area contributed by atoms with Crippen LogP contribution in [0.25, 0.3) is 11.3 Å². The van der Waals surface area contributed by atoms with E-state index in [2.05, 4.69) is 20.2 Å². The fraction of sp³-hybridized carbons (Fsp3) is 0.158. The molecule has 0 spiro atoms. The molecule has 0 fully saturated rings. The fourth-order valence-corrected chi connectivity index (χ4v) is 3.49. The topological polar surface area (TPSA) is 104 Å². The quantitative estimate of drug-likeness (QED) is 0.547. The minimum atomic E-state index is -3.36. The Morgan fingerprint density at radius 2 is 1.90 bits per heavy atom. The molecule has 1 heterocycles. The first-order valence-corrected chi connectivity index (χ1v) is 10.8. The van der Waals surface area contributed by atoms with Crippen molar-refractivity contribution >= 4 is 33.2 Å². The van der Waals surface area contributed by atoms with Crippen molar-refractivity contribution in [3.05, 3.63) is 70.6 Å². The molecule has 3 rings (SSSR count). The maximum Gasteiger partial charge on any atom is 0.255 e. The molecule has 10 heteroatoms. The van der Waals surface area contributed by atoms with Crippen LogP contribution >= 0.6 is 11.6 Å². The van der Waals surface area contributed by atoms with Crippen LogP contribution in [0, 0.1) is 5.82 Å². The van der Waals surface area contributed by atoms with Gasteiger partial charge in [0.25, 0.3) is 5.91 Å². The second kappa shape index (κ2) is 8.22. The van der Waals surface area contributed by atoms with E-state index in [4.69, 9.17) is 11.6 Å². The first kappa shape index (κ1) is 20.8. The molecule has 0 radical (unpaired) electrons. The number of aromatic amines is 1. The summed E-state index contributed by atoms with van der Waals surface area (Å²) in [5.41, 5.74) is 2.45. The average Bonchev–Trinajstić information content (AvgIpc) is 3.13. The maximum atomic E-state index is 13.4. The van der Waals surface area contributed by atoms with E-state index in [1.807, 2.05) is 0 Å². The number of anilines is 1. The molecule has 3 aromatic rings. The van der Waals surface area contributed by atoms with Crippen LogP contribution in [0.4, 0.5) is 10.1 Å². The molecule has 1 atom stereocenters. The summed E-state index contributed by atoms with van der Waals surface area (Å²) in [6.45, 7) is 1.80. The van der Waals surface area contributed by atoms with Gasteiger partial charge in [0.1, 0.15) is 5.82 Å². The lowest BCUT2D eigenvalue weighted by atomic mass is 10.1. The molecule has 1 aromatic heterocycles. The molecule has 0 bridgehead atoms. The van der Waals surface area contributed by atoms with Gasteiger partial charge in [-0.25, -0.2) is 12.8 Å². The third-order valence-corrected chi connectivity index (χ3v) is 5.05. The first-order valence-electron chi connectivity index (χ1n) is 8.51. The Balaban J connectivity index is 1.75. The van der Waals surface area contributed by atoms with E-state index in [9.17, 15) is 17.6 Å². The highest BCUT2D eigenvalue weighted by atomic mass is 35.5. The molecule has 0 saturated heterocycles. The summed E-state index contributed by atoms with van der Waals surface area (Å²) in [5.74, 6) is -0.927. The van der Waals surface area contributed by atoms with Gasteiger partial charge in [-0.2, -0.15) is 5.10 Å². The molecular formula is C19H18ClFN4O3S. The monoisotopic (exact) mass is 436 g/mol. The largest absolute Gasteiger partial charge is 0.345 e. The number of aromatic nitrogens is 2. The van der Waals surface area contributed by atoms with Crippen molar-refractivity contribution in [1.82, 2.24) is 15.5 Å². The van der Waals surface area contributed by atoms with Gasteiger partial charge < -0.3 is 5.32 Å². The van der Waals surface area contributed by atoms with Crippen LogP contribution in [-0.2, 0) is 10.0 Å². The molecule has 0 aliphatic heterocycles. The number of nitrogens with one attached hydrogen (secondary N) is 3. The van der Waals surface area contributed by atoms with Crippen molar-refractivity contribution in [3.63, 3.8) is 0 Å². The smallest absolute Gasteiger partial charge is 0.255 e. The number of halogens is 2.